The van der Waals surface area contributed by atoms with Gasteiger partial charge in [-0.2, -0.15) is 0 Å². The number of para-hydroxylation sites is 2. The minimum atomic E-state index is -0.757. The molecule has 0 radical (unpaired) electrons. The Labute approximate surface area is 193 Å². The number of β-amino-alcohol motifs (C(OH)–C–C–N with tert-alkyl or cyclic N) is 1. The molecule has 0 bridgehead atoms. The number of likely N-dealkylation sites (tertiary alicyclic amines) is 1. The molecule has 1 saturated heterocycles. The van der Waals surface area contributed by atoms with Crippen molar-refractivity contribution in [3.63, 3.8) is 0 Å². The van der Waals surface area contributed by atoms with Crippen molar-refractivity contribution in [2.24, 2.45) is 0 Å². The molecule has 1 aromatic heterocycles. The van der Waals surface area contributed by atoms with Crippen LogP contribution in [0, 0.1) is 0 Å². The molecule has 8 nitrogen and oxygen atoms in total. The number of fused-ring (bicyclic) bond motifs is 1. The summed E-state index contributed by atoms with van der Waals surface area (Å²) < 4.78 is 7.55. The number of amides is 2. The maximum Gasteiger partial charge on any atom is 0.410 e. The Balaban J connectivity index is 1.36. The number of hydrogen-bond acceptors (Lipinski definition) is 5. The minimum absolute atomic E-state index is 0.0782. The largest absolute Gasteiger partial charge is 0.445 e. The van der Waals surface area contributed by atoms with Gasteiger partial charge < -0.3 is 19.7 Å². The van der Waals surface area contributed by atoms with E-state index in [0.717, 1.165) is 22.4 Å². The van der Waals surface area contributed by atoms with Crippen LogP contribution in [0.2, 0.25) is 0 Å². The summed E-state index contributed by atoms with van der Waals surface area (Å²) in [6.07, 6.45) is -0.601. The Hall–Kier alpha value is -3.39. The quantitative estimate of drug-likeness (QED) is 0.577. The molecule has 2 amide bonds. The van der Waals surface area contributed by atoms with E-state index in [1.54, 1.807) is 0 Å². The highest BCUT2D eigenvalue weighted by molar-refractivity contribution is 5.86. The number of rotatable bonds is 7. The Morgan fingerprint density at radius 3 is 2.64 bits per heavy atom. The molecule has 4 rings (SSSR count). The van der Waals surface area contributed by atoms with Gasteiger partial charge in [0.2, 0.25) is 5.91 Å². The lowest BCUT2D eigenvalue weighted by Gasteiger charge is -2.23. The van der Waals surface area contributed by atoms with E-state index in [9.17, 15) is 14.7 Å². The van der Waals surface area contributed by atoms with E-state index in [4.69, 9.17) is 9.72 Å². The van der Waals surface area contributed by atoms with Gasteiger partial charge in [-0.3, -0.25) is 9.69 Å². The van der Waals surface area contributed by atoms with Crippen molar-refractivity contribution < 1.29 is 19.4 Å². The van der Waals surface area contributed by atoms with Gasteiger partial charge in [-0.15, -0.1) is 0 Å². The summed E-state index contributed by atoms with van der Waals surface area (Å²) in [5, 5.41) is 13.0. The van der Waals surface area contributed by atoms with Gasteiger partial charge in [0, 0.05) is 25.4 Å². The Bertz CT molecular complexity index is 1110. The lowest BCUT2D eigenvalue weighted by atomic mass is 10.2. The van der Waals surface area contributed by atoms with Crippen LogP contribution in [0.5, 0.6) is 0 Å². The van der Waals surface area contributed by atoms with Crippen LogP contribution in [0.1, 0.15) is 37.7 Å². The second-order valence-electron chi connectivity index (χ2n) is 8.62. The number of aromatic nitrogens is 2. The number of aliphatic hydroxyl groups is 1. The van der Waals surface area contributed by atoms with Crippen LogP contribution in [0.3, 0.4) is 0 Å². The van der Waals surface area contributed by atoms with Crippen molar-refractivity contribution in [3.05, 3.63) is 66.0 Å². The third kappa shape index (κ3) is 5.17. The number of nitrogens with zero attached hydrogens (tertiary/aromatic N) is 3. The highest BCUT2D eigenvalue weighted by Crippen LogP contribution is 2.22. The molecule has 0 unspecified atom stereocenters. The van der Waals surface area contributed by atoms with Crippen LogP contribution in [0.25, 0.3) is 11.0 Å². The summed E-state index contributed by atoms with van der Waals surface area (Å²) in [6.45, 7) is 4.79. The first-order valence-corrected chi connectivity index (χ1v) is 11.3. The van der Waals surface area contributed by atoms with E-state index < -0.39 is 18.2 Å². The fourth-order valence-corrected chi connectivity index (χ4v) is 4.33. The molecule has 2 heterocycles. The van der Waals surface area contributed by atoms with Gasteiger partial charge >= 0.3 is 6.09 Å². The van der Waals surface area contributed by atoms with Crippen molar-refractivity contribution in [1.29, 1.82) is 0 Å². The van der Waals surface area contributed by atoms with Crippen LogP contribution in [0.15, 0.2) is 54.6 Å². The van der Waals surface area contributed by atoms with E-state index in [2.05, 4.69) is 23.7 Å². The fraction of sp³-hybridized carbons (Fsp3) is 0.400. The molecule has 1 aliphatic heterocycles. The third-order valence-corrected chi connectivity index (χ3v) is 5.85. The predicted octanol–water partition coefficient (Wildman–Crippen LogP) is 3.05. The van der Waals surface area contributed by atoms with Crippen LogP contribution in [0.4, 0.5) is 4.79 Å². The summed E-state index contributed by atoms with van der Waals surface area (Å²) in [6, 6.07) is 16.8. The molecule has 0 spiro atoms. The number of carbonyl (C=O) groups excluding carboxylic acids is 2. The van der Waals surface area contributed by atoms with Gasteiger partial charge in [-0.25, -0.2) is 9.78 Å². The lowest BCUT2D eigenvalue weighted by molar-refractivity contribution is -0.125. The van der Waals surface area contributed by atoms with Crippen molar-refractivity contribution in [3.8, 4) is 0 Å². The van der Waals surface area contributed by atoms with Crippen molar-refractivity contribution in [2.45, 2.75) is 51.5 Å². The van der Waals surface area contributed by atoms with Gasteiger partial charge in [0.15, 0.2) is 0 Å². The number of imidazole rings is 1. The van der Waals surface area contributed by atoms with E-state index in [1.165, 1.54) is 4.90 Å². The van der Waals surface area contributed by atoms with Crippen LogP contribution >= 0.6 is 0 Å². The zero-order valence-electron chi connectivity index (χ0n) is 19.0. The van der Waals surface area contributed by atoms with Gasteiger partial charge in [0.1, 0.15) is 18.5 Å². The summed E-state index contributed by atoms with van der Waals surface area (Å²) in [7, 11) is 0. The molecule has 0 saturated carbocycles. The van der Waals surface area contributed by atoms with Gasteiger partial charge in [-0.1, -0.05) is 42.5 Å². The molecule has 3 aromatic rings. The second-order valence-corrected chi connectivity index (χ2v) is 8.62. The van der Waals surface area contributed by atoms with Crippen LogP contribution in [-0.2, 0) is 22.6 Å². The maximum absolute atomic E-state index is 12.9. The smallest absolute Gasteiger partial charge is 0.410 e. The normalized spacial score (nSPS) is 18.1. The molecule has 2 atom stereocenters. The number of hydrogen-bond donors (Lipinski definition) is 2. The fourth-order valence-electron chi connectivity index (χ4n) is 4.33. The highest BCUT2D eigenvalue weighted by Gasteiger charge is 2.39. The second kappa shape index (κ2) is 10.0. The highest BCUT2D eigenvalue weighted by atomic mass is 16.6. The SMILES string of the molecule is CC(C)n1c(CCNC(=O)[C@@H]2C[C@@H](O)CN2C(=O)OCc2ccccc2)nc2ccccc21. The molecule has 1 fully saturated rings. The Morgan fingerprint density at radius 2 is 1.88 bits per heavy atom. The van der Waals surface area contributed by atoms with E-state index >= 15 is 0 Å². The summed E-state index contributed by atoms with van der Waals surface area (Å²) in [5.41, 5.74) is 2.86. The maximum atomic E-state index is 12.9. The first-order chi connectivity index (χ1) is 15.9. The summed E-state index contributed by atoms with van der Waals surface area (Å²) in [4.78, 5) is 31.5. The monoisotopic (exact) mass is 450 g/mol. The third-order valence-electron chi connectivity index (χ3n) is 5.85. The molecule has 174 valence electrons. The first kappa shape index (κ1) is 22.8. The van der Waals surface area contributed by atoms with Gasteiger partial charge in [-0.05, 0) is 31.5 Å². The topological polar surface area (TPSA) is 96.7 Å². The minimum Gasteiger partial charge on any atom is -0.445 e. The lowest BCUT2D eigenvalue weighted by Crippen LogP contribution is -2.46. The zero-order chi connectivity index (χ0) is 23.4. The standard InChI is InChI=1S/C25H30N4O4/c1-17(2)29-21-11-7-6-10-20(21)27-23(29)12-13-26-24(31)22-14-19(30)15-28(22)25(32)33-16-18-8-4-3-5-9-18/h3-11,17,19,22,30H,12-16H2,1-2H3,(H,26,31)/t19-,22+/m1/s1. The van der Waals surface area contributed by atoms with E-state index in [0.29, 0.717) is 13.0 Å². The summed E-state index contributed by atoms with van der Waals surface area (Å²) >= 11 is 0. The average molecular weight is 451 g/mol. The van der Waals surface area contributed by atoms with Crippen LogP contribution < -0.4 is 5.32 Å². The number of carbonyl (C=O) groups is 2. The Kier molecular flexibility index (Phi) is 6.93. The molecule has 2 N–H and O–H groups in total. The molecule has 0 aliphatic carbocycles. The predicted molar refractivity (Wildman–Crippen MR) is 125 cm³/mol. The first-order valence-electron chi connectivity index (χ1n) is 11.3. The van der Waals surface area contributed by atoms with E-state index in [1.807, 2.05) is 54.6 Å². The van der Waals surface area contributed by atoms with Gasteiger partial charge in [0.05, 0.1) is 23.7 Å². The number of ether oxygens (including phenoxy) is 1. The molecular formula is C25H30N4O4. The van der Waals surface area contributed by atoms with Gasteiger partial charge in [0.25, 0.3) is 0 Å². The number of aliphatic hydroxyl groups excluding tert-OH is 1. The number of nitrogens with one attached hydrogen (secondary N) is 1. The molecule has 2 aromatic carbocycles. The molecule has 1 aliphatic rings. The van der Waals surface area contributed by atoms with E-state index in [-0.39, 0.29) is 31.5 Å². The average Bonchev–Trinajstić information content (AvgIpc) is 3.38. The van der Waals surface area contributed by atoms with Crippen molar-refractivity contribution >= 4 is 23.0 Å². The van der Waals surface area contributed by atoms with Crippen molar-refractivity contribution in [1.82, 2.24) is 19.8 Å². The van der Waals surface area contributed by atoms with Crippen LogP contribution in [-0.4, -0.2) is 56.8 Å². The zero-order valence-corrected chi connectivity index (χ0v) is 19.0. The summed E-state index contributed by atoms with van der Waals surface area (Å²) in [5.74, 6) is 0.604. The molecule has 33 heavy (non-hydrogen) atoms. The number of benzene rings is 2. The molecular weight excluding hydrogens is 420 g/mol. The molecule has 8 heteroatoms. The Morgan fingerprint density at radius 1 is 1.15 bits per heavy atom. The van der Waals surface area contributed by atoms with Crippen molar-refractivity contribution in [2.75, 3.05) is 13.1 Å².